The first kappa shape index (κ1) is 23.7. The third-order valence-corrected chi connectivity index (χ3v) is 4.88. The van der Waals surface area contributed by atoms with Crippen molar-refractivity contribution in [2.45, 2.75) is 20.4 Å². The van der Waals surface area contributed by atoms with Crippen molar-refractivity contribution in [3.63, 3.8) is 0 Å². The molecule has 0 aliphatic carbocycles. The molecule has 0 amide bonds. The molecule has 0 radical (unpaired) electrons. The van der Waals surface area contributed by atoms with Gasteiger partial charge in [-0.2, -0.15) is 0 Å². The van der Waals surface area contributed by atoms with E-state index in [1.807, 2.05) is 13.0 Å². The Morgan fingerprint density at radius 2 is 1.88 bits per heavy atom. The monoisotopic (exact) mass is 508 g/mol. The molecule has 0 spiro atoms. The quantitative estimate of drug-likeness (QED) is 0.218. The van der Waals surface area contributed by atoms with Gasteiger partial charge in [-0.25, -0.2) is 18.1 Å². The van der Waals surface area contributed by atoms with E-state index >= 15 is 0 Å². The van der Waals surface area contributed by atoms with Crippen molar-refractivity contribution in [3.8, 4) is 0 Å². The van der Waals surface area contributed by atoms with Crippen molar-refractivity contribution < 1.29 is 8.42 Å². The summed E-state index contributed by atoms with van der Waals surface area (Å²) in [5.41, 5.74) is 0.861. The molecule has 0 aromatic heterocycles. The van der Waals surface area contributed by atoms with Gasteiger partial charge in [0.1, 0.15) is 0 Å². The molecule has 0 saturated carbocycles. The van der Waals surface area contributed by atoms with Gasteiger partial charge in [0.2, 0.25) is 10.0 Å². The number of rotatable bonds is 8. The molecule has 0 fully saturated rings. The predicted molar refractivity (Wildman–Crippen MR) is 112 cm³/mol. The van der Waals surface area contributed by atoms with E-state index in [0.717, 1.165) is 5.56 Å². The molecule has 6 nitrogen and oxygen atoms in total. The molecule has 0 aliphatic heterocycles. The van der Waals surface area contributed by atoms with Gasteiger partial charge in [-0.1, -0.05) is 29.3 Å². The third-order valence-electron chi connectivity index (χ3n) is 2.89. The molecule has 0 aliphatic rings. The molecule has 10 heteroatoms. The Labute approximate surface area is 170 Å². The first-order valence-corrected chi connectivity index (χ1v) is 9.72. The summed E-state index contributed by atoms with van der Waals surface area (Å²) in [5.74, 6) is 0.658. The maximum absolute atomic E-state index is 11.3. The van der Waals surface area contributed by atoms with Gasteiger partial charge in [0.25, 0.3) is 0 Å². The Balaban J connectivity index is 0.00000529. The molecule has 1 aromatic rings. The molecular weight excluding hydrogens is 486 g/mol. The first-order valence-electron chi connectivity index (χ1n) is 7.31. The zero-order valence-electron chi connectivity index (χ0n) is 13.6. The first-order chi connectivity index (χ1) is 10.9. The Bertz CT molecular complexity index is 642. The summed E-state index contributed by atoms with van der Waals surface area (Å²) in [4.78, 5) is 4.42. The van der Waals surface area contributed by atoms with E-state index in [0.29, 0.717) is 42.2 Å². The van der Waals surface area contributed by atoms with Crippen molar-refractivity contribution in [2.24, 2.45) is 4.99 Å². The van der Waals surface area contributed by atoms with Crippen LogP contribution in [0.25, 0.3) is 0 Å². The fraction of sp³-hybridized carbons (Fsp3) is 0.500. The predicted octanol–water partition coefficient (Wildman–Crippen LogP) is 2.61. The molecule has 0 unspecified atom stereocenters. The molecule has 24 heavy (non-hydrogen) atoms. The number of nitrogens with zero attached hydrogens (tertiary/aromatic N) is 1. The van der Waals surface area contributed by atoms with Gasteiger partial charge in [0.05, 0.1) is 12.3 Å². The fourth-order valence-corrected chi connectivity index (χ4v) is 2.73. The second kappa shape index (κ2) is 12.1. The van der Waals surface area contributed by atoms with Gasteiger partial charge < -0.3 is 10.6 Å². The van der Waals surface area contributed by atoms with E-state index in [4.69, 9.17) is 23.2 Å². The number of guanidine groups is 1. The van der Waals surface area contributed by atoms with Crippen molar-refractivity contribution >= 4 is 63.2 Å². The highest BCUT2D eigenvalue weighted by Gasteiger charge is 2.05. The van der Waals surface area contributed by atoms with Gasteiger partial charge in [-0.3, -0.25) is 0 Å². The number of sulfonamides is 1. The molecular formula is C14H23Cl2IN4O2S. The number of hydrogen-bond acceptors (Lipinski definition) is 3. The van der Waals surface area contributed by atoms with Crippen LogP contribution in [0, 0.1) is 0 Å². The summed E-state index contributed by atoms with van der Waals surface area (Å²) in [6.45, 7) is 5.36. The third kappa shape index (κ3) is 9.26. The molecule has 1 aromatic carbocycles. The normalized spacial score (nSPS) is 11.8. The zero-order chi connectivity index (χ0) is 17.3. The highest BCUT2D eigenvalue weighted by atomic mass is 127. The number of hydrogen-bond donors (Lipinski definition) is 3. The molecule has 138 valence electrons. The van der Waals surface area contributed by atoms with Crippen LogP contribution in [0.3, 0.4) is 0 Å². The van der Waals surface area contributed by atoms with E-state index in [9.17, 15) is 8.42 Å². The number of benzene rings is 1. The SMILES string of the molecule is CCNC(=NCc1ccc(Cl)cc1Cl)NCCNS(=O)(=O)CC.I. The van der Waals surface area contributed by atoms with E-state index in [1.54, 1.807) is 19.1 Å². The average Bonchev–Trinajstić information content (AvgIpc) is 2.50. The van der Waals surface area contributed by atoms with E-state index < -0.39 is 10.0 Å². The van der Waals surface area contributed by atoms with Gasteiger partial charge in [-0.05, 0) is 31.5 Å². The lowest BCUT2D eigenvalue weighted by Crippen LogP contribution is -2.41. The standard InChI is InChI=1S/C14H22Cl2N4O2S.HI/c1-3-17-14(18-7-8-20-23(21,22)4-2)19-10-11-5-6-12(15)9-13(11)16;/h5-6,9,20H,3-4,7-8,10H2,1-2H3,(H2,17,18,19);1H. The summed E-state index contributed by atoms with van der Waals surface area (Å²) in [7, 11) is -3.17. The summed E-state index contributed by atoms with van der Waals surface area (Å²) in [6, 6.07) is 5.26. The Kier molecular flexibility index (Phi) is 12.0. The smallest absolute Gasteiger partial charge is 0.211 e. The van der Waals surface area contributed by atoms with Gasteiger partial charge in [0.15, 0.2) is 5.96 Å². The molecule has 0 heterocycles. The second-order valence-corrected chi connectivity index (χ2v) is 7.59. The summed E-state index contributed by atoms with van der Waals surface area (Å²) in [6.07, 6.45) is 0. The minimum absolute atomic E-state index is 0. The van der Waals surface area contributed by atoms with Crippen molar-refractivity contribution in [3.05, 3.63) is 33.8 Å². The highest BCUT2D eigenvalue weighted by molar-refractivity contribution is 14.0. The van der Waals surface area contributed by atoms with Crippen LogP contribution in [0.5, 0.6) is 0 Å². The zero-order valence-corrected chi connectivity index (χ0v) is 18.3. The Hall–Kier alpha value is -0.290. The average molecular weight is 509 g/mol. The summed E-state index contributed by atoms with van der Waals surface area (Å²) >= 11 is 12.0. The van der Waals surface area contributed by atoms with Crippen LogP contribution >= 0.6 is 47.2 Å². The van der Waals surface area contributed by atoms with Crippen LogP contribution < -0.4 is 15.4 Å². The summed E-state index contributed by atoms with van der Waals surface area (Å²) < 4.78 is 25.2. The molecule has 0 bridgehead atoms. The number of halogens is 3. The molecule has 0 atom stereocenters. The minimum atomic E-state index is -3.17. The largest absolute Gasteiger partial charge is 0.357 e. The Morgan fingerprint density at radius 3 is 2.46 bits per heavy atom. The minimum Gasteiger partial charge on any atom is -0.357 e. The van der Waals surface area contributed by atoms with Crippen molar-refractivity contribution in [2.75, 3.05) is 25.4 Å². The van der Waals surface area contributed by atoms with Crippen LogP contribution in [-0.2, 0) is 16.6 Å². The lowest BCUT2D eigenvalue weighted by molar-refractivity contribution is 0.582. The molecule has 3 N–H and O–H groups in total. The number of nitrogens with one attached hydrogen (secondary N) is 3. The van der Waals surface area contributed by atoms with Gasteiger partial charge in [-0.15, -0.1) is 24.0 Å². The lowest BCUT2D eigenvalue weighted by Gasteiger charge is -2.12. The molecule has 0 saturated heterocycles. The van der Waals surface area contributed by atoms with Crippen molar-refractivity contribution in [1.82, 2.24) is 15.4 Å². The van der Waals surface area contributed by atoms with Crippen LogP contribution in [0.2, 0.25) is 10.0 Å². The maximum atomic E-state index is 11.3. The Morgan fingerprint density at radius 1 is 1.17 bits per heavy atom. The fourth-order valence-electron chi connectivity index (χ4n) is 1.65. The van der Waals surface area contributed by atoms with E-state index in [-0.39, 0.29) is 29.7 Å². The highest BCUT2D eigenvalue weighted by Crippen LogP contribution is 2.21. The lowest BCUT2D eigenvalue weighted by atomic mass is 10.2. The van der Waals surface area contributed by atoms with Crippen LogP contribution in [0.1, 0.15) is 19.4 Å². The van der Waals surface area contributed by atoms with Crippen LogP contribution in [0.15, 0.2) is 23.2 Å². The van der Waals surface area contributed by atoms with Crippen molar-refractivity contribution in [1.29, 1.82) is 0 Å². The van der Waals surface area contributed by atoms with E-state index in [1.165, 1.54) is 0 Å². The second-order valence-electron chi connectivity index (χ2n) is 4.66. The van der Waals surface area contributed by atoms with Gasteiger partial charge >= 0.3 is 0 Å². The number of aliphatic imine (C=N–C) groups is 1. The topological polar surface area (TPSA) is 82.6 Å². The van der Waals surface area contributed by atoms with Gasteiger partial charge in [0, 0.05) is 29.7 Å². The summed E-state index contributed by atoms with van der Waals surface area (Å²) in [5, 5.41) is 7.29. The maximum Gasteiger partial charge on any atom is 0.211 e. The molecule has 1 rings (SSSR count). The van der Waals surface area contributed by atoms with E-state index in [2.05, 4.69) is 20.3 Å². The van der Waals surface area contributed by atoms with Crippen LogP contribution in [-0.4, -0.2) is 39.8 Å². The van der Waals surface area contributed by atoms with Crippen LogP contribution in [0.4, 0.5) is 0 Å².